The molecule has 3 rings (SSSR count). The summed E-state index contributed by atoms with van der Waals surface area (Å²) in [5, 5.41) is 0. The Morgan fingerprint density at radius 3 is 2.50 bits per heavy atom. The van der Waals surface area contributed by atoms with Crippen molar-refractivity contribution in [3.8, 4) is 0 Å². The lowest BCUT2D eigenvalue weighted by atomic mass is 9.75. The van der Waals surface area contributed by atoms with Gasteiger partial charge in [0.1, 0.15) is 0 Å². The molecule has 3 fully saturated rings. The first-order valence-electron chi connectivity index (χ1n) is 7.93. The maximum Gasteiger partial charge on any atom is 0.0707 e. The summed E-state index contributed by atoms with van der Waals surface area (Å²) in [6.45, 7) is 4.48. The van der Waals surface area contributed by atoms with Crippen molar-refractivity contribution in [3.63, 3.8) is 0 Å². The van der Waals surface area contributed by atoms with Crippen molar-refractivity contribution in [2.75, 3.05) is 26.2 Å². The van der Waals surface area contributed by atoms with Crippen molar-refractivity contribution < 1.29 is 4.74 Å². The highest BCUT2D eigenvalue weighted by atomic mass is 16.5. The molecule has 3 nitrogen and oxygen atoms in total. The number of hydrogen-bond donors (Lipinski definition) is 1. The van der Waals surface area contributed by atoms with E-state index >= 15 is 0 Å². The van der Waals surface area contributed by atoms with E-state index in [4.69, 9.17) is 10.5 Å². The zero-order valence-corrected chi connectivity index (χ0v) is 11.5. The first-order chi connectivity index (χ1) is 8.85. The quantitative estimate of drug-likeness (QED) is 0.835. The van der Waals surface area contributed by atoms with Gasteiger partial charge in [0.05, 0.1) is 12.2 Å². The van der Waals surface area contributed by atoms with Gasteiger partial charge in [0.25, 0.3) is 0 Å². The molecule has 4 unspecified atom stereocenters. The predicted octanol–water partition coefficient (Wildman–Crippen LogP) is 2.00. The Morgan fingerprint density at radius 1 is 0.944 bits per heavy atom. The Balaban J connectivity index is 1.46. The maximum atomic E-state index is 5.98. The van der Waals surface area contributed by atoms with E-state index in [2.05, 4.69) is 4.90 Å². The molecule has 3 aliphatic rings. The molecule has 2 saturated heterocycles. The number of fused-ring (bicyclic) bond motifs is 1. The molecule has 0 amide bonds. The third-order valence-electron chi connectivity index (χ3n) is 5.30. The van der Waals surface area contributed by atoms with Crippen LogP contribution in [0.1, 0.15) is 44.9 Å². The van der Waals surface area contributed by atoms with Crippen LogP contribution in [0.25, 0.3) is 0 Å². The molecule has 0 radical (unpaired) electrons. The van der Waals surface area contributed by atoms with Crippen LogP contribution in [0.2, 0.25) is 0 Å². The molecule has 2 heterocycles. The molecule has 4 atom stereocenters. The fourth-order valence-corrected chi connectivity index (χ4v) is 4.22. The molecular formula is C15H28N2O. The van der Waals surface area contributed by atoms with Crippen molar-refractivity contribution in [1.29, 1.82) is 0 Å². The SMILES string of the molecule is NCC1CCC(CN2CCC3CCCCC3C2)O1. The number of likely N-dealkylation sites (tertiary alicyclic amines) is 1. The normalized spacial score (nSPS) is 41.8. The summed E-state index contributed by atoms with van der Waals surface area (Å²) in [5.41, 5.74) is 5.68. The Hall–Kier alpha value is -0.120. The molecule has 2 aliphatic heterocycles. The number of rotatable bonds is 3. The van der Waals surface area contributed by atoms with Gasteiger partial charge in [-0.25, -0.2) is 0 Å². The van der Waals surface area contributed by atoms with Crippen LogP contribution >= 0.6 is 0 Å². The summed E-state index contributed by atoms with van der Waals surface area (Å²) in [6.07, 6.45) is 10.5. The molecule has 0 aromatic rings. The molecule has 0 aromatic heterocycles. The number of piperidine rings is 1. The predicted molar refractivity (Wildman–Crippen MR) is 73.5 cm³/mol. The van der Waals surface area contributed by atoms with Gasteiger partial charge in [0.15, 0.2) is 0 Å². The smallest absolute Gasteiger partial charge is 0.0707 e. The number of nitrogens with two attached hydrogens (primary N) is 1. The van der Waals surface area contributed by atoms with Crippen molar-refractivity contribution in [2.45, 2.75) is 57.2 Å². The molecule has 104 valence electrons. The van der Waals surface area contributed by atoms with Crippen LogP contribution in [0.3, 0.4) is 0 Å². The number of nitrogens with zero attached hydrogens (tertiary/aromatic N) is 1. The van der Waals surface area contributed by atoms with Crippen LogP contribution in [0, 0.1) is 11.8 Å². The number of ether oxygens (including phenoxy) is 1. The average Bonchev–Trinajstić information content (AvgIpc) is 2.86. The molecule has 1 saturated carbocycles. The highest BCUT2D eigenvalue weighted by molar-refractivity contribution is 4.85. The lowest BCUT2D eigenvalue weighted by molar-refractivity contribution is 0.00536. The largest absolute Gasteiger partial charge is 0.372 e. The molecule has 0 bridgehead atoms. The highest BCUT2D eigenvalue weighted by Gasteiger charge is 2.33. The van der Waals surface area contributed by atoms with Crippen LogP contribution in [-0.2, 0) is 4.74 Å². The second-order valence-corrected chi connectivity index (χ2v) is 6.55. The van der Waals surface area contributed by atoms with E-state index in [0.717, 1.165) is 18.4 Å². The van der Waals surface area contributed by atoms with Crippen LogP contribution in [0.15, 0.2) is 0 Å². The molecule has 1 aliphatic carbocycles. The summed E-state index contributed by atoms with van der Waals surface area (Å²) in [5.74, 6) is 2.02. The molecule has 2 N–H and O–H groups in total. The average molecular weight is 252 g/mol. The van der Waals surface area contributed by atoms with Gasteiger partial charge in [0, 0.05) is 19.6 Å². The van der Waals surface area contributed by atoms with Crippen molar-refractivity contribution in [1.82, 2.24) is 4.90 Å². The Labute approximate surface area is 111 Å². The third-order valence-corrected chi connectivity index (χ3v) is 5.30. The second kappa shape index (κ2) is 5.89. The summed E-state index contributed by atoms with van der Waals surface area (Å²) in [7, 11) is 0. The monoisotopic (exact) mass is 252 g/mol. The molecule has 3 heteroatoms. The van der Waals surface area contributed by atoms with Crippen LogP contribution < -0.4 is 5.73 Å². The van der Waals surface area contributed by atoms with E-state index in [1.165, 1.54) is 58.0 Å². The molecule has 0 spiro atoms. The van der Waals surface area contributed by atoms with Gasteiger partial charge in [-0.3, -0.25) is 0 Å². The highest BCUT2D eigenvalue weighted by Crippen LogP contribution is 2.36. The summed E-state index contributed by atoms with van der Waals surface area (Å²) in [6, 6.07) is 0. The third kappa shape index (κ3) is 2.89. The van der Waals surface area contributed by atoms with Crippen LogP contribution in [-0.4, -0.2) is 43.3 Å². The van der Waals surface area contributed by atoms with Gasteiger partial charge in [-0.1, -0.05) is 19.3 Å². The van der Waals surface area contributed by atoms with Gasteiger partial charge >= 0.3 is 0 Å². The minimum atomic E-state index is 0.335. The zero-order chi connectivity index (χ0) is 12.4. The number of hydrogen-bond acceptors (Lipinski definition) is 3. The zero-order valence-electron chi connectivity index (χ0n) is 11.5. The van der Waals surface area contributed by atoms with Crippen LogP contribution in [0.4, 0.5) is 0 Å². The minimum Gasteiger partial charge on any atom is -0.372 e. The lowest BCUT2D eigenvalue weighted by Crippen LogP contribution is -2.44. The second-order valence-electron chi connectivity index (χ2n) is 6.55. The Morgan fingerprint density at radius 2 is 1.72 bits per heavy atom. The Kier molecular flexibility index (Phi) is 4.22. The van der Waals surface area contributed by atoms with Gasteiger partial charge < -0.3 is 15.4 Å². The topological polar surface area (TPSA) is 38.5 Å². The van der Waals surface area contributed by atoms with Gasteiger partial charge in [-0.05, 0) is 44.1 Å². The lowest BCUT2D eigenvalue weighted by Gasteiger charge is -2.42. The summed E-state index contributed by atoms with van der Waals surface area (Å²) in [4.78, 5) is 2.66. The maximum absolute atomic E-state index is 5.98. The fraction of sp³-hybridized carbons (Fsp3) is 1.00. The van der Waals surface area contributed by atoms with E-state index in [1.54, 1.807) is 0 Å². The van der Waals surface area contributed by atoms with Gasteiger partial charge in [-0.2, -0.15) is 0 Å². The Bertz CT molecular complexity index is 271. The standard InChI is InChI=1S/C15H28N2O/c16-9-14-5-6-15(18-14)11-17-8-7-12-3-1-2-4-13(12)10-17/h12-15H,1-11,16H2. The van der Waals surface area contributed by atoms with Crippen molar-refractivity contribution in [2.24, 2.45) is 17.6 Å². The first-order valence-corrected chi connectivity index (χ1v) is 7.93. The molecule has 0 aromatic carbocycles. The van der Waals surface area contributed by atoms with E-state index in [0.29, 0.717) is 18.8 Å². The van der Waals surface area contributed by atoms with Gasteiger partial charge in [-0.15, -0.1) is 0 Å². The molecule has 18 heavy (non-hydrogen) atoms. The van der Waals surface area contributed by atoms with Crippen molar-refractivity contribution >= 4 is 0 Å². The van der Waals surface area contributed by atoms with E-state index in [1.807, 2.05) is 0 Å². The van der Waals surface area contributed by atoms with Gasteiger partial charge in [0.2, 0.25) is 0 Å². The summed E-state index contributed by atoms with van der Waals surface area (Å²) < 4.78 is 5.98. The van der Waals surface area contributed by atoms with Crippen molar-refractivity contribution in [3.05, 3.63) is 0 Å². The van der Waals surface area contributed by atoms with E-state index in [-0.39, 0.29) is 0 Å². The first kappa shape index (κ1) is 12.9. The summed E-state index contributed by atoms with van der Waals surface area (Å²) >= 11 is 0. The molecular weight excluding hydrogens is 224 g/mol. The van der Waals surface area contributed by atoms with E-state index < -0.39 is 0 Å². The van der Waals surface area contributed by atoms with E-state index in [9.17, 15) is 0 Å². The fourth-order valence-electron chi connectivity index (χ4n) is 4.22. The van der Waals surface area contributed by atoms with Crippen LogP contribution in [0.5, 0.6) is 0 Å². The minimum absolute atomic E-state index is 0.335.